The van der Waals surface area contributed by atoms with E-state index in [-0.39, 0.29) is 17.2 Å². The molecule has 0 atom stereocenters. The van der Waals surface area contributed by atoms with Crippen LogP contribution in [0.25, 0.3) is 22.0 Å². The van der Waals surface area contributed by atoms with E-state index in [1.54, 1.807) is 24.3 Å². The number of hydrogen-bond donors (Lipinski definition) is 2. The number of fused-ring (bicyclic) bond motifs is 1. The second kappa shape index (κ2) is 6.43. The van der Waals surface area contributed by atoms with Crippen LogP contribution in [0.15, 0.2) is 53.8 Å². The fourth-order valence-electron chi connectivity index (χ4n) is 2.47. The highest BCUT2D eigenvalue weighted by molar-refractivity contribution is 6.06. The number of halogens is 3. The van der Waals surface area contributed by atoms with Crippen molar-refractivity contribution < 1.29 is 18.0 Å². The van der Waals surface area contributed by atoms with E-state index in [0.717, 1.165) is 17.8 Å². The minimum absolute atomic E-state index is 0.0874. The summed E-state index contributed by atoms with van der Waals surface area (Å²) in [6.07, 6.45) is -3.73. The van der Waals surface area contributed by atoms with Crippen LogP contribution in [-0.2, 0) is 6.18 Å². The molecule has 0 aliphatic rings. The van der Waals surface area contributed by atoms with Crippen LogP contribution < -0.4 is 11.5 Å². The second-order valence-corrected chi connectivity index (χ2v) is 5.37. The number of carbonyl (C=O) groups excluding carboxylic acids is 1. The number of aliphatic imine (C=N–C) groups is 1. The normalized spacial score (nSPS) is 11.3. The zero-order valence-corrected chi connectivity index (χ0v) is 13.2. The molecule has 0 bridgehead atoms. The molecule has 3 aromatic rings. The number of benzene rings is 2. The van der Waals surface area contributed by atoms with Gasteiger partial charge in [-0.15, -0.1) is 0 Å². The van der Waals surface area contributed by atoms with Crippen LogP contribution in [0, 0.1) is 0 Å². The number of rotatable bonds is 2. The molecule has 0 saturated carbocycles. The Morgan fingerprint density at radius 2 is 1.81 bits per heavy atom. The van der Waals surface area contributed by atoms with Crippen molar-refractivity contribution in [1.82, 2.24) is 9.97 Å². The largest absolute Gasteiger partial charge is 0.433 e. The lowest BCUT2D eigenvalue weighted by molar-refractivity contribution is -0.141. The maximum Gasteiger partial charge on any atom is 0.433 e. The molecule has 4 N–H and O–H groups in total. The summed E-state index contributed by atoms with van der Waals surface area (Å²) in [6, 6.07) is 10.6. The first-order valence-corrected chi connectivity index (χ1v) is 7.32. The predicted molar refractivity (Wildman–Crippen MR) is 90.1 cm³/mol. The molecule has 0 aliphatic heterocycles. The first-order chi connectivity index (χ1) is 12.3. The molecule has 2 aromatic carbocycles. The second-order valence-electron chi connectivity index (χ2n) is 5.37. The molecule has 9 heteroatoms. The summed E-state index contributed by atoms with van der Waals surface area (Å²) in [5.41, 5.74) is 10.1. The summed E-state index contributed by atoms with van der Waals surface area (Å²) in [5, 5.41) is 1.26. The van der Waals surface area contributed by atoms with Gasteiger partial charge in [0.2, 0.25) is 0 Å². The van der Waals surface area contributed by atoms with Gasteiger partial charge in [-0.05, 0) is 29.0 Å². The maximum absolute atomic E-state index is 12.9. The highest BCUT2D eigenvalue weighted by Crippen LogP contribution is 2.32. The number of alkyl halides is 3. The number of aromatic nitrogens is 2. The van der Waals surface area contributed by atoms with Crippen molar-refractivity contribution in [3.05, 3.63) is 60.0 Å². The molecule has 0 saturated heterocycles. The minimum atomic E-state index is -4.59. The molecule has 0 unspecified atom stereocenters. The third-order valence-corrected chi connectivity index (χ3v) is 3.59. The molecular formula is C17H12F3N5O. The summed E-state index contributed by atoms with van der Waals surface area (Å²) >= 11 is 0. The Balaban J connectivity index is 2.18. The quantitative estimate of drug-likeness (QED) is 0.540. The van der Waals surface area contributed by atoms with Gasteiger partial charge in [0.1, 0.15) is 12.0 Å². The van der Waals surface area contributed by atoms with Crippen LogP contribution in [0.5, 0.6) is 0 Å². The molecule has 0 spiro atoms. The topological polar surface area (TPSA) is 107 Å². The Kier molecular flexibility index (Phi) is 4.29. The van der Waals surface area contributed by atoms with Crippen molar-refractivity contribution in [3.63, 3.8) is 0 Å². The van der Waals surface area contributed by atoms with Crippen molar-refractivity contribution >= 4 is 22.6 Å². The van der Waals surface area contributed by atoms with Gasteiger partial charge in [0.15, 0.2) is 5.96 Å². The van der Waals surface area contributed by atoms with Crippen LogP contribution in [0.2, 0.25) is 0 Å². The van der Waals surface area contributed by atoms with Gasteiger partial charge in [0.25, 0.3) is 5.91 Å². The van der Waals surface area contributed by atoms with Gasteiger partial charge in [-0.1, -0.05) is 24.3 Å². The third kappa shape index (κ3) is 3.46. The van der Waals surface area contributed by atoms with Crippen molar-refractivity contribution in [2.75, 3.05) is 0 Å². The van der Waals surface area contributed by atoms with Gasteiger partial charge in [-0.2, -0.15) is 18.2 Å². The van der Waals surface area contributed by atoms with Gasteiger partial charge >= 0.3 is 6.18 Å². The first-order valence-electron chi connectivity index (χ1n) is 7.32. The van der Waals surface area contributed by atoms with Crippen molar-refractivity contribution in [3.8, 4) is 11.3 Å². The Bertz CT molecular complexity index is 1030. The number of carbonyl (C=O) groups is 1. The van der Waals surface area contributed by atoms with Crippen molar-refractivity contribution in [1.29, 1.82) is 0 Å². The average molecular weight is 359 g/mol. The molecule has 1 amide bonds. The molecular weight excluding hydrogens is 347 g/mol. The van der Waals surface area contributed by atoms with E-state index in [4.69, 9.17) is 11.5 Å². The standard InChI is InChI=1S/C17H12F3N5O/c18-17(19,20)14-7-13(23-8-24-14)11-3-1-2-9-4-5-10(6-12(9)11)15(26)25-16(21)22/h1-8H,(H4,21,22,25,26). The zero-order chi connectivity index (χ0) is 18.9. The Morgan fingerprint density at radius 3 is 2.50 bits per heavy atom. The molecule has 3 rings (SSSR count). The molecule has 26 heavy (non-hydrogen) atoms. The summed E-state index contributed by atoms with van der Waals surface area (Å²) in [5.74, 6) is -1.03. The van der Waals surface area contributed by atoms with E-state index in [9.17, 15) is 18.0 Å². The Hall–Kier alpha value is -3.49. The molecule has 132 valence electrons. The van der Waals surface area contributed by atoms with E-state index in [2.05, 4.69) is 15.0 Å². The highest BCUT2D eigenvalue weighted by Gasteiger charge is 2.33. The van der Waals surface area contributed by atoms with E-state index < -0.39 is 17.8 Å². The van der Waals surface area contributed by atoms with Gasteiger partial charge in [0.05, 0.1) is 5.69 Å². The van der Waals surface area contributed by atoms with Crippen LogP contribution in [-0.4, -0.2) is 21.8 Å². The number of nitrogens with zero attached hydrogens (tertiary/aromatic N) is 3. The summed E-state index contributed by atoms with van der Waals surface area (Å²) in [4.78, 5) is 22.7. The smallest absolute Gasteiger partial charge is 0.370 e. The first kappa shape index (κ1) is 17.3. The van der Waals surface area contributed by atoms with Gasteiger partial charge in [0, 0.05) is 11.1 Å². The van der Waals surface area contributed by atoms with Gasteiger partial charge in [-0.25, -0.2) is 9.97 Å². The predicted octanol–water partition coefficient (Wildman–Crippen LogP) is 2.73. The van der Waals surface area contributed by atoms with Crippen LogP contribution in [0.4, 0.5) is 13.2 Å². The molecule has 1 heterocycles. The monoisotopic (exact) mass is 359 g/mol. The number of amides is 1. The molecule has 0 radical (unpaired) electrons. The fourth-order valence-corrected chi connectivity index (χ4v) is 2.47. The Morgan fingerprint density at radius 1 is 1.04 bits per heavy atom. The van der Waals surface area contributed by atoms with Crippen LogP contribution in [0.3, 0.4) is 0 Å². The number of guanidine groups is 1. The molecule has 0 fully saturated rings. The number of hydrogen-bond acceptors (Lipinski definition) is 3. The maximum atomic E-state index is 12.9. The number of nitrogens with two attached hydrogens (primary N) is 2. The van der Waals surface area contributed by atoms with E-state index >= 15 is 0 Å². The minimum Gasteiger partial charge on any atom is -0.370 e. The highest BCUT2D eigenvalue weighted by atomic mass is 19.4. The van der Waals surface area contributed by atoms with Gasteiger partial charge < -0.3 is 11.5 Å². The van der Waals surface area contributed by atoms with Crippen molar-refractivity contribution in [2.45, 2.75) is 6.18 Å². The van der Waals surface area contributed by atoms with E-state index in [1.165, 1.54) is 12.1 Å². The summed E-state index contributed by atoms with van der Waals surface area (Å²) < 4.78 is 38.7. The SMILES string of the molecule is NC(N)=NC(=O)c1ccc2cccc(-c3cc(C(F)(F)F)ncn3)c2c1. The molecule has 6 nitrogen and oxygen atoms in total. The van der Waals surface area contributed by atoms with E-state index in [1.807, 2.05) is 0 Å². The van der Waals surface area contributed by atoms with Crippen molar-refractivity contribution in [2.24, 2.45) is 16.5 Å². The van der Waals surface area contributed by atoms with E-state index in [0.29, 0.717) is 10.9 Å². The molecule has 1 aromatic heterocycles. The summed E-state index contributed by atoms with van der Waals surface area (Å²) in [7, 11) is 0. The van der Waals surface area contributed by atoms with Crippen LogP contribution in [0.1, 0.15) is 16.1 Å². The Labute approximate surface area is 145 Å². The van der Waals surface area contributed by atoms with Gasteiger partial charge in [-0.3, -0.25) is 4.79 Å². The molecule has 0 aliphatic carbocycles. The van der Waals surface area contributed by atoms with Crippen LogP contribution >= 0.6 is 0 Å². The average Bonchev–Trinajstić information content (AvgIpc) is 2.59. The lowest BCUT2D eigenvalue weighted by Crippen LogP contribution is -2.24. The third-order valence-electron chi connectivity index (χ3n) is 3.59. The lowest BCUT2D eigenvalue weighted by Gasteiger charge is -2.10. The fraction of sp³-hybridized carbons (Fsp3) is 0.0588. The summed E-state index contributed by atoms with van der Waals surface area (Å²) in [6.45, 7) is 0. The lowest BCUT2D eigenvalue weighted by atomic mass is 9.99. The zero-order valence-electron chi connectivity index (χ0n) is 13.2.